The van der Waals surface area contributed by atoms with E-state index in [-0.39, 0.29) is 11.5 Å². The van der Waals surface area contributed by atoms with E-state index in [1.165, 1.54) is 0 Å². The van der Waals surface area contributed by atoms with Gasteiger partial charge in [0, 0.05) is 17.3 Å². The number of hydrogen-bond donors (Lipinski definition) is 0. The molecule has 80 valence electrons. The van der Waals surface area contributed by atoms with Gasteiger partial charge in [0.15, 0.2) is 9.84 Å². The van der Waals surface area contributed by atoms with Crippen LogP contribution in [0.3, 0.4) is 0 Å². The molecule has 0 aliphatic heterocycles. The normalized spacial score (nSPS) is 11.9. The van der Waals surface area contributed by atoms with Crippen molar-refractivity contribution >= 4 is 25.8 Å². The van der Waals surface area contributed by atoms with Crippen LogP contribution in [0.15, 0.2) is 6.20 Å². The van der Waals surface area contributed by atoms with Gasteiger partial charge in [0.2, 0.25) is 0 Å². The van der Waals surface area contributed by atoms with Crippen molar-refractivity contribution < 1.29 is 8.42 Å². The van der Waals surface area contributed by atoms with E-state index in [2.05, 4.69) is 26.2 Å². The van der Waals surface area contributed by atoms with Crippen LogP contribution in [-0.4, -0.2) is 34.9 Å². The van der Waals surface area contributed by atoms with Crippen molar-refractivity contribution in [3.8, 4) is 0 Å². The van der Waals surface area contributed by atoms with Gasteiger partial charge in [0.1, 0.15) is 0 Å². The lowest BCUT2D eigenvalue weighted by molar-refractivity contribution is 0.576. The number of aryl methyl sites for hydroxylation is 1. The van der Waals surface area contributed by atoms with Crippen molar-refractivity contribution in [3.05, 3.63) is 11.9 Å². The zero-order valence-corrected chi connectivity index (χ0v) is 10.3. The highest BCUT2D eigenvalue weighted by atomic mass is 79.9. The van der Waals surface area contributed by atoms with Gasteiger partial charge in [0.05, 0.1) is 18.0 Å². The number of alkyl halides is 1. The minimum absolute atomic E-state index is 0.120. The van der Waals surface area contributed by atoms with Crippen molar-refractivity contribution in [3.63, 3.8) is 0 Å². The molecular weight excluding hydrogens is 270 g/mol. The zero-order valence-electron chi connectivity index (χ0n) is 7.85. The Morgan fingerprint density at radius 2 is 2.29 bits per heavy atom. The number of halogens is 1. The topological polar surface area (TPSA) is 64.8 Å². The fraction of sp³-hybridized carbons (Fsp3) is 0.714. The first-order valence-corrected chi connectivity index (χ1v) is 7.17. The minimum atomic E-state index is -2.92. The largest absolute Gasteiger partial charge is 0.251 e. The average molecular weight is 282 g/mol. The maximum atomic E-state index is 11.2. The van der Waals surface area contributed by atoms with E-state index in [1.807, 2.05) is 0 Å². The van der Waals surface area contributed by atoms with E-state index in [9.17, 15) is 8.42 Å². The minimum Gasteiger partial charge on any atom is -0.251 e. The monoisotopic (exact) mass is 281 g/mol. The SMILES string of the molecule is CCS(=O)(=O)CCn1cc(CBr)nn1. The van der Waals surface area contributed by atoms with E-state index >= 15 is 0 Å². The van der Waals surface area contributed by atoms with E-state index in [4.69, 9.17) is 0 Å². The summed E-state index contributed by atoms with van der Waals surface area (Å²) in [5.41, 5.74) is 0.805. The van der Waals surface area contributed by atoms with Gasteiger partial charge in [-0.05, 0) is 0 Å². The molecule has 0 atom stereocenters. The van der Waals surface area contributed by atoms with E-state index in [0.717, 1.165) is 5.69 Å². The first kappa shape index (κ1) is 11.6. The van der Waals surface area contributed by atoms with Crippen LogP contribution in [-0.2, 0) is 21.7 Å². The smallest absolute Gasteiger partial charge is 0.151 e. The summed E-state index contributed by atoms with van der Waals surface area (Å²) in [6.45, 7) is 2.01. The van der Waals surface area contributed by atoms with Crippen LogP contribution >= 0.6 is 15.9 Å². The number of nitrogens with zero attached hydrogens (tertiary/aromatic N) is 3. The molecule has 0 saturated heterocycles. The average Bonchev–Trinajstić information content (AvgIpc) is 2.63. The molecule has 0 spiro atoms. The van der Waals surface area contributed by atoms with Gasteiger partial charge in [-0.15, -0.1) is 5.10 Å². The molecule has 0 N–H and O–H groups in total. The predicted octanol–water partition coefficient (Wildman–Crippen LogP) is 0.608. The molecule has 1 rings (SSSR count). The molecule has 0 radical (unpaired) electrons. The second-order valence-electron chi connectivity index (χ2n) is 2.84. The molecule has 0 aliphatic rings. The fourth-order valence-corrected chi connectivity index (χ4v) is 1.90. The van der Waals surface area contributed by atoms with Gasteiger partial charge in [-0.2, -0.15) is 0 Å². The Kier molecular flexibility index (Phi) is 4.06. The number of rotatable bonds is 5. The molecule has 0 aromatic carbocycles. The highest BCUT2D eigenvalue weighted by Gasteiger charge is 2.08. The van der Waals surface area contributed by atoms with Crippen molar-refractivity contribution in [2.75, 3.05) is 11.5 Å². The van der Waals surface area contributed by atoms with Crippen LogP contribution in [0, 0.1) is 0 Å². The summed E-state index contributed by atoms with van der Waals surface area (Å²) in [5, 5.41) is 8.26. The van der Waals surface area contributed by atoms with Crippen LogP contribution in [0.4, 0.5) is 0 Å². The van der Waals surface area contributed by atoms with Crippen LogP contribution in [0.5, 0.6) is 0 Å². The van der Waals surface area contributed by atoms with Gasteiger partial charge >= 0.3 is 0 Å². The first-order chi connectivity index (χ1) is 6.57. The Labute approximate surface area is 91.5 Å². The van der Waals surface area contributed by atoms with E-state index in [1.54, 1.807) is 17.8 Å². The molecule has 1 aromatic heterocycles. The summed E-state index contributed by atoms with van der Waals surface area (Å²) < 4.78 is 23.9. The second kappa shape index (κ2) is 4.88. The maximum absolute atomic E-state index is 11.2. The third-order valence-corrected chi connectivity index (χ3v) is 4.05. The van der Waals surface area contributed by atoms with Crippen molar-refractivity contribution in [1.29, 1.82) is 0 Å². The lowest BCUT2D eigenvalue weighted by Gasteiger charge is -1.99. The molecule has 0 fully saturated rings. The van der Waals surface area contributed by atoms with Crippen molar-refractivity contribution in [1.82, 2.24) is 15.0 Å². The quantitative estimate of drug-likeness (QED) is 0.742. The summed E-state index contributed by atoms with van der Waals surface area (Å²) in [6, 6.07) is 0. The molecular formula is C7H12BrN3O2S. The van der Waals surface area contributed by atoms with Crippen LogP contribution in [0.25, 0.3) is 0 Å². The summed E-state index contributed by atoms with van der Waals surface area (Å²) in [7, 11) is -2.92. The highest BCUT2D eigenvalue weighted by Crippen LogP contribution is 2.00. The third-order valence-electron chi connectivity index (χ3n) is 1.79. The Morgan fingerprint density at radius 1 is 1.57 bits per heavy atom. The van der Waals surface area contributed by atoms with Gasteiger partial charge in [-0.25, -0.2) is 8.42 Å². The molecule has 1 heterocycles. The van der Waals surface area contributed by atoms with Crippen LogP contribution in [0.1, 0.15) is 12.6 Å². The predicted molar refractivity (Wildman–Crippen MR) is 57.0 cm³/mol. The molecule has 1 aromatic rings. The lowest BCUT2D eigenvalue weighted by Crippen LogP contribution is -2.14. The second-order valence-corrected chi connectivity index (χ2v) is 5.88. The van der Waals surface area contributed by atoms with Gasteiger partial charge in [-0.1, -0.05) is 28.1 Å². The standard InChI is InChI=1S/C7H12BrN3O2S/c1-2-14(12,13)4-3-11-6-7(5-8)9-10-11/h6H,2-5H2,1H3. The fourth-order valence-electron chi connectivity index (χ4n) is 0.886. The molecule has 0 saturated carbocycles. The summed E-state index contributed by atoms with van der Waals surface area (Å²) >= 11 is 3.24. The summed E-state index contributed by atoms with van der Waals surface area (Å²) in [5.74, 6) is 0.293. The van der Waals surface area contributed by atoms with Gasteiger partial charge in [-0.3, -0.25) is 4.68 Å². The highest BCUT2D eigenvalue weighted by molar-refractivity contribution is 9.08. The Balaban J connectivity index is 2.54. The Bertz CT molecular complexity index is 387. The summed E-state index contributed by atoms with van der Waals surface area (Å²) in [6.07, 6.45) is 1.74. The van der Waals surface area contributed by atoms with E-state index in [0.29, 0.717) is 11.9 Å². The Morgan fingerprint density at radius 3 is 2.79 bits per heavy atom. The van der Waals surface area contributed by atoms with Crippen molar-refractivity contribution in [2.24, 2.45) is 0 Å². The summed E-state index contributed by atoms with van der Waals surface area (Å²) in [4.78, 5) is 0. The number of aromatic nitrogens is 3. The molecule has 0 unspecified atom stereocenters. The third kappa shape index (κ3) is 3.38. The van der Waals surface area contributed by atoms with Crippen LogP contribution < -0.4 is 0 Å². The first-order valence-electron chi connectivity index (χ1n) is 4.23. The lowest BCUT2D eigenvalue weighted by atomic mass is 10.5. The molecule has 0 aliphatic carbocycles. The molecule has 7 heteroatoms. The van der Waals surface area contributed by atoms with Gasteiger partial charge < -0.3 is 0 Å². The molecule has 14 heavy (non-hydrogen) atoms. The molecule has 0 amide bonds. The number of sulfone groups is 1. The Hall–Kier alpha value is -0.430. The number of hydrogen-bond acceptors (Lipinski definition) is 4. The van der Waals surface area contributed by atoms with Crippen molar-refractivity contribution in [2.45, 2.75) is 18.8 Å². The van der Waals surface area contributed by atoms with Crippen LogP contribution in [0.2, 0.25) is 0 Å². The molecule has 5 nitrogen and oxygen atoms in total. The zero-order chi connectivity index (χ0) is 10.6. The van der Waals surface area contributed by atoms with Gasteiger partial charge in [0.25, 0.3) is 0 Å². The van der Waals surface area contributed by atoms with E-state index < -0.39 is 9.84 Å². The molecule has 0 bridgehead atoms. The maximum Gasteiger partial charge on any atom is 0.151 e.